The summed E-state index contributed by atoms with van der Waals surface area (Å²) in [5, 5.41) is 0. The van der Waals surface area contributed by atoms with Gasteiger partial charge in [-0.05, 0) is 52.0 Å². The van der Waals surface area contributed by atoms with Gasteiger partial charge in [-0.15, -0.1) is 0 Å². The summed E-state index contributed by atoms with van der Waals surface area (Å²) < 4.78 is 11.6. The van der Waals surface area contributed by atoms with Gasteiger partial charge < -0.3 is 9.47 Å². The van der Waals surface area contributed by atoms with E-state index in [0.717, 1.165) is 19.3 Å². The molecule has 1 saturated carbocycles. The van der Waals surface area contributed by atoms with E-state index in [1.165, 1.54) is 22.3 Å². The molecule has 3 aliphatic rings. The number of fused-ring (bicyclic) bond motifs is 4. The van der Waals surface area contributed by atoms with Crippen LogP contribution in [0.3, 0.4) is 0 Å². The highest BCUT2D eigenvalue weighted by molar-refractivity contribution is 5.62. The fraction of sp³-hybridized carbons (Fsp3) is 0.565. The van der Waals surface area contributed by atoms with Crippen LogP contribution in [0.1, 0.15) is 58.1 Å². The van der Waals surface area contributed by atoms with Crippen LogP contribution in [-0.2, 0) is 20.3 Å². The van der Waals surface area contributed by atoms with Crippen molar-refractivity contribution in [1.29, 1.82) is 0 Å². The number of hydrogen-bond donors (Lipinski definition) is 0. The third-order valence-electron chi connectivity index (χ3n) is 6.84. The molecule has 0 radical (unpaired) electrons. The Balaban J connectivity index is 1.97. The lowest BCUT2D eigenvalue weighted by molar-refractivity contribution is -0.168. The fourth-order valence-corrected chi connectivity index (χ4v) is 5.89. The van der Waals surface area contributed by atoms with Crippen molar-refractivity contribution in [1.82, 2.24) is 0 Å². The molecule has 2 nitrogen and oxygen atoms in total. The van der Waals surface area contributed by atoms with Gasteiger partial charge >= 0.3 is 0 Å². The van der Waals surface area contributed by atoms with Crippen LogP contribution >= 0.6 is 0 Å². The van der Waals surface area contributed by atoms with E-state index in [9.17, 15) is 0 Å². The lowest BCUT2D eigenvalue weighted by Crippen LogP contribution is -2.35. The molecule has 1 aromatic rings. The van der Waals surface area contributed by atoms with Gasteiger partial charge in [0.15, 0.2) is 5.79 Å². The van der Waals surface area contributed by atoms with E-state index < -0.39 is 5.79 Å². The topological polar surface area (TPSA) is 18.5 Å². The van der Waals surface area contributed by atoms with Crippen molar-refractivity contribution in [3.05, 3.63) is 58.7 Å². The molecule has 25 heavy (non-hydrogen) atoms. The predicted octanol–water partition coefficient (Wildman–Crippen LogP) is 5.28. The van der Waals surface area contributed by atoms with Crippen LogP contribution in [0.2, 0.25) is 0 Å². The second-order valence-corrected chi connectivity index (χ2v) is 9.35. The second-order valence-electron chi connectivity index (χ2n) is 9.35. The molecule has 1 spiro atoms. The highest BCUT2D eigenvalue weighted by Gasteiger charge is 2.59. The van der Waals surface area contributed by atoms with E-state index in [0.29, 0.717) is 0 Å². The molecule has 0 saturated heterocycles. The molecule has 0 N–H and O–H groups in total. The monoisotopic (exact) mass is 338 g/mol. The number of methoxy groups -OCH3 is 2. The van der Waals surface area contributed by atoms with E-state index in [1.807, 2.05) is 0 Å². The van der Waals surface area contributed by atoms with Crippen molar-refractivity contribution in [2.24, 2.45) is 5.41 Å². The summed E-state index contributed by atoms with van der Waals surface area (Å²) in [5.74, 6) is -0.631. The van der Waals surface area contributed by atoms with Crippen LogP contribution in [0.15, 0.2) is 47.6 Å². The number of rotatable bonds is 2. The lowest BCUT2D eigenvalue weighted by Gasteiger charge is -2.36. The van der Waals surface area contributed by atoms with Gasteiger partial charge in [0.1, 0.15) is 0 Å². The molecule has 4 rings (SSSR count). The summed E-state index contributed by atoms with van der Waals surface area (Å²) in [6.07, 6.45) is 7.74. The maximum atomic E-state index is 5.80. The van der Waals surface area contributed by atoms with Crippen LogP contribution in [0, 0.1) is 5.41 Å². The molecule has 1 atom stereocenters. The smallest absolute Gasteiger partial charge is 0.191 e. The first kappa shape index (κ1) is 17.1. The zero-order valence-electron chi connectivity index (χ0n) is 16.4. The SMILES string of the molecule is COC1(OC)C=C2C(=CC1)C(C)(C)CC21CC(C)(C)c2ccccc21. The predicted molar refractivity (Wildman–Crippen MR) is 102 cm³/mol. The van der Waals surface area contributed by atoms with Crippen molar-refractivity contribution in [2.75, 3.05) is 14.2 Å². The maximum Gasteiger partial charge on any atom is 0.191 e. The fourth-order valence-electron chi connectivity index (χ4n) is 5.89. The summed E-state index contributed by atoms with van der Waals surface area (Å²) in [5.41, 5.74) is 6.36. The summed E-state index contributed by atoms with van der Waals surface area (Å²) in [6, 6.07) is 9.04. The molecule has 0 heterocycles. The molecule has 0 aromatic heterocycles. The van der Waals surface area contributed by atoms with Gasteiger partial charge in [-0.25, -0.2) is 0 Å². The zero-order valence-corrected chi connectivity index (χ0v) is 16.4. The Morgan fingerprint density at radius 3 is 2.04 bits per heavy atom. The third kappa shape index (κ3) is 2.17. The van der Waals surface area contributed by atoms with Gasteiger partial charge in [0, 0.05) is 26.1 Å². The lowest BCUT2D eigenvalue weighted by atomic mass is 9.72. The third-order valence-corrected chi connectivity index (χ3v) is 6.84. The van der Waals surface area contributed by atoms with Gasteiger partial charge in [0.25, 0.3) is 0 Å². The Morgan fingerprint density at radius 1 is 0.800 bits per heavy atom. The minimum absolute atomic E-state index is 0.0676. The molecule has 0 aliphatic heterocycles. The van der Waals surface area contributed by atoms with Gasteiger partial charge in [-0.2, -0.15) is 0 Å². The normalized spacial score (nSPS) is 30.6. The zero-order chi connectivity index (χ0) is 18.1. The van der Waals surface area contributed by atoms with Crippen LogP contribution in [0.5, 0.6) is 0 Å². The van der Waals surface area contributed by atoms with Crippen molar-refractivity contribution >= 4 is 0 Å². The quantitative estimate of drug-likeness (QED) is 0.683. The second kappa shape index (κ2) is 5.08. The van der Waals surface area contributed by atoms with E-state index in [1.54, 1.807) is 14.2 Å². The Morgan fingerprint density at radius 2 is 1.40 bits per heavy atom. The molecule has 0 bridgehead atoms. The molecule has 134 valence electrons. The van der Waals surface area contributed by atoms with E-state index in [-0.39, 0.29) is 16.2 Å². The molecule has 1 aromatic carbocycles. The summed E-state index contributed by atoms with van der Waals surface area (Å²) in [7, 11) is 3.50. The average molecular weight is 338 g/mol. The largest absolute Gasteiger partial charge is 0.349 e. The number of hydrogen-bond acceptors (Lipinski definition) is 2. The van der Waals surface area contributed by atoms with Gasteiger partial charge in [-0.1, -0.05) is 58.0 Å². The summed E-state index contributed by atoms with van der Waals surface area (Å²) >= 11 is 0. The van der Waals surface area contributed by atoms with E-state index in [4.69, 9.17) is 9.47 Å². The minimum atomic E-state index is -0.631. The highest BCUT2D eigenvalue weighted by Crippen LogP contribution is 2.66. The molecule has 1 unspecified atom stereocenters. The number of allylic oxidation sites excluding steroid dienone is 2. The number of benzene rings is 1. The standard InChI is InChI=1S/C23H30O2/c1-20(2)14-22(18-10-8-7-9-16(18)20)15-21(3,4)17-11-12-23(24-5,25-6)13-19(17)22/h7-11,13H,12,14-15H2,1-6H3. The Hall–Kier alpha value is -1.38. The first-order valence-electron chi connectivity index (χ1n) is 9.34. The average Bonchev–Trinajstić information content (AvgIpc) is 2.95. The van der Waals surface area contributed by atoms with E-state index >= 15 is 0 Å². The van der Waals surface area contributed by atoms with Gasteiger partial charge in [-0.3, -0.25) is 0 Å². The molecular formula is C23H30O2. The van der Waals surface area contributed by atoms with Crippen molar-refractivity contribution in [3.63, 3.8) is 0 Å². The molecule has 2 heteroatoms. The minimum Gasteiger partial charge on any atom is -0.349 e. The summed E-state index contributed by atoms with van der Waals surface area (Å²) in [6.45, 7) is 9.56. The Labute approximate surface area is 151 Å². The molecule has 3 aliphatic carbocycles. The Bertz CT molecular complexity index is 777. The van der Waals surface area contributed by atoms with Gasteiger partial charge in [0.2, 0.25) is 0 Å². The van der Waals surface area contributed by atoms with Crippen LogP contribution in [0.25, 0.3) is 0 Å². The van der Waals surface area contributed by atoms with Crippen LogP contribution < -0.4 is 0 Å². The van der Waals surface area contributed by atoms with E-state index in [2.05, 4.69) is 64.1 Å². The highest BCUT2D eigenvalue weighted by atomic mass is 16.7. The first-order valence-corrected chi connectivity index (χ1v) is 9.34. The van der Waals surface area contributed by atoms with Crippen LogP contribution in [-0.4, -0.2) is 20.0 Å². The van der Waals surface area contributed by atoms with Crippen molar-refractivity contribution < 1.29 is 9.47 Å². The van der Waals surface area contributed by atoms with Crippen molar-refractivity contribution in [2.45, 2.75) is 63.6 Å². The van der Waals surface area contributed by atoms with Crippen molar-refractivity contribution in [3.8, 4) is 0 Å². The van der Waals surface area contributed by atoms with Gasteiger partial charge in [0.05, 0.1) is 0 Å². The van der Waals surface area contributed by atoms with Crippen LogP contribution in [0.4, 0.5) is 0 Å². The Kier molecular flexibility index (Phi) is 3.47. The molecule has 1 fully saturated rings. The first-order chi connectivity index (χ1) is 11.7. The molecular weight excluding hydrogens is 308 g/mol. The number of ether oxygens (including phenoxy) is 2. The maximum absolute atomic E-state index is 5.80. The summed E-state index contributed by atoms with van der Waals surface area (Å²) in [4.78, 5) is 0. The molecule has 0 amide bonds.